The number of nitrogens with one attached hydrogen (secondary N) is 1. The van der Waals surface area contributed by atoms with Crippen LogP contribution in [-0.4, -0.2) is 41.1 Å². The van der Waals surface area contributed by atoms with Crippen LogP contribution in [0.15, 0.2) is 89.8 Å². The third-order valence-electron chi connectivity index (χ3n) is 4.41. The Labute approximate surface area is 182 Å². The SMILES string of the molecule is COc1ccc(OCCNC(=O)CN(c2ccccc2)S(=O)(=O)c2ccccc2)cc1. The molecule has 8 heteroatoms. The summed E-state index contributed by atoms with van der Waals surface area (Å²) in [6, 6.07) is 23.7. The van der Waals surface area contributed by atoms with Crippen molar-refractivity contribution in [2.75, 3.05) is 31.1 Å². The largest absolute Gasteiger partial charge is 0.497 e. The molecule has 1 N–H and O–H groups in total. The van der Waals surface area contributed by atoms with E-state index < -0.39 is 15.9 Å². The summed E-state index contributed by atoms with van der Waals surface area (Å²) in [6.07, 6.45) is 0. The Morgan fingerprint density at radius 1 is 0.871 bits per heavy atom. The quantitative estimate of drug-likeness (QED) is 0.490. The van der Waals surface area contributed by atoms with Crippen LogP contribution in [0.25, 0.3) is 0 Å². The van der Waals surface area contributed by atoms with Crippen molar-refractivity contribution in [3.8, 4) is 11.5 Å². The zero-order valence-corrected chi connectivity index (χ0v) is 17.9. The van der Waals surface area contributed by atoms with Gasteiger partial charge in [-0.1, -0.05) is 36.4 Å². The zero-order chi connectivity index (χ0) is 22.1. The summed E-state index contributed by atoms with van der Waals surface area (Å²) in [6.45, 7) is 0.136. The van der Waals surface area contributed by atoms with Crippen molar-refractivity contribution >= 4 is 21.6 Å². The minimum atomic E-state index is -3.90. The number of anilines is 1. The predicted molar refractivity (Wildman–Crippen MR) is 119 cm³/mol. The number of benzene rings is 3. The monoisotopic (exact) mass is 440 g/mol. The van der Waals surface area contributed by atoms with Crippen LogP contribution in [0.2, 0.25) is 0 Å². The van der Waals surface area contributed by atoms with Gasteiger partial charge in [0, 0.05) is 0 Å². The van der Waals surface area contributed by atoms with Gasteiger partial charge < -0.3 is 14.8 Å². The number of para-hydroxylation sites is 1. The van der Waals surface area contributed by atoms with E-state index in [9.17, 15) is 13.2 Å². The van der Waals surface area contributed by atoms with E-state index in [2.05, 4.69) is 5.32 Å². The molecule has 0 aliphatic heterocycles. The van der Waals surface area contributed by atoms with Gasteiger partial charge in [-0.25, -0.2) is 8.42 Å². The lowest BCUT2D eigenvalue weighted by molar-refractivity contribution is -0.119. The third kappa shape index (κ3) is 5.99. The van der Waals surface area contributed by atoms with Gasteiger partial charge in [0.2, 0.25) is 5.91 Å². The van der Waals surface area contributed by atoms with Crippen molar-refractivity contribution in [3.63, 3.8) is 0 Å². The van der Waals surface area contributed by atoms with E-state index in [4.69, 9.17) is 9.47 Å². The molecule has 0 aliphatic carbocycles. The molecule has 3 rings (SSSR count). The van der Waals surface area contributed by atoms with Crippen LogP contribution in [-0.2, 0) is 14.8 Å². The zero-order valence-electron chi connectivity index (χ0n) is 17.1. The highest BCUT2D eigenvalue weighted by Crippen LogP contribution is 2.23. The summed E-state index contributed by atoms with van der Waals surface area (Å²) < 4.78 is 38.1. The van der Waals surface area contributed by atoms with E-state index in [1.807, 2.05) is 0 Å². The van der Waals surface area contributed by atoms with Crippen molar-refractivity contribution in [1.29, 1.82) is 0 Å². The fourth-order valence-electron chi connectivity index (χ4n) is 2.85. The highest BCUT2D eigenvalue weighted by Gasteiger charge is 2.26. The van der Waals surface area contributed by atoms with E-state index in [0.29, 0.717) is 11.4 Å². The van der Waals surface area contributed by atoms with Gasteiger partial charge in [-0.3, -0.25) is 9.10 Å². The average molecular weight is 441 g/mol. The molecule has 0 saturated heterocycles. The fourth-order valence-corrected chi connectivity index (χ4v) is 4.29. The summed E-state index contributed by atoms with van der Waals surface area (Å²) in [4.78, 5) is 12.6. The fraction of sp³-hybridized carbons (Fsp3) is 0.174. The van der Waals surface area contributed by atoms with E-state index in [0.717, 1.165) is 10.1 Å². The van der Waals surface area contributed by atoms with Gasteiger partial charge in [-0.15, -0.1) is 0 Å². The molecule has 3 aromatic rings. The summed E-state index contributed by atoms with van der Waals surface area (Å²) in [5, 5.41) is 2.70. The summed E-state index contributed by atoms with van der Waals surface area (Å²) in [5.41, 5.74) is 0.413. The number of carbonyl (C=O) groups excluding carboxylic acids is 1. The van der Waals surface area contributed by atoms with E-state index in [-0.39, 0.29) is 24.6 Å². The van der Waals surface area contributed by atoms with Gasteiger partial charge in [-0.05, 0) is 48.5 Å². The van der Waals surface area contributed by atoms with Crippen LogP contribution in [0.1, 0.15) is 0 Å². The number of carbonyl (C=O) groups is 1. The Balaban J connectivity index is 1.62. The molecule has 0 unspecified atom stereocenters. The maximum absolute atomic E-state index is 13.1. The molecule has 0 heterocycles. The first-order chi connectivity index (χ1) is 15.0. The molecule has 0 spiro atoms. The second kappa shape index (κ2) is 10.5. The number of hydrogen-bond donors (Lipinski definition) is 1. The molecule has 0 bridgehead atoms. The Morgan fingerprint density at radius 3 is 2.06 bits per heavy atom. The van der Waals surface area contributed by atoms with Crippen molar-refractivity contribution < 1.29 is 22.7 Å². The van der Waals surface area contributed by atoms with Crippen molar-refractivity contribution in [3.05, 3.63) is 84.9 Å². The molecule has 0 fully saturated rings. The van der Waals surface area contributed by atoms with E-state index >= 15 is 0 Å². The second-order valence-corrected chi connectivity index (χ2v) is 8.40. The normalized spacial score (nSPS) is 10.9. The lowest BCUT2D eigenvalue weighted by Gasteiger charge is -2.24. The maximum atomic E-state index is 13.1. The van der Waals surface area contributed by atoms with Crippen LogP contribution in [0.4, 0.5) is 5.69 Å². The van der Waals surface area contributed by atoms with Crippen molar-refractivity contribution in [2.24, 2.45) is 0 Å². The van der Waals surface area contributed by atoms with Crippen LogP contribution in [0, 0.1) is 0 Å². The first-order valence-electron chi connectivity index (χ1n) is 9.67. The molecule has 31 heavy (non-hydrogen) atoms. The Hall–Kier alpha value is -3.52. The molecule has 7 nitrogen and oxygen atoms in total. The van der Waals surface area contributed by atoms with Crippen LogP contribution in [0.5, 0.6) is 11.5 Å². The first-order valence-corrected chi connectivity index (χ1v) is 11.1. The summed E-state index contributed by atoms with van der Waals surface area (Å²) in [5.74, 6) is 0.940. The molecule has 0 aliphatic rings. The number of amides is 1. The lowest BCUT2D eigenvalue weighted by Crippen LogP contribution is -2.41. The number of ether oxygens (including phenoxy) is 2. The highest BCUT2D eigenvalue weighted by atomic mass is 32.2. The minimum Gasteiger partial charge on any atom is -0.497 e. The molecule has 0 saturated carbocycles. The van der Waals surface area contributed by atoms with Crippen LogP contribution >= 0.6 is 0 Å². The minimum absolute atomic E-state index is 0.120. The average Bonchev–Trinajstić information content (AvgIpc) is 2.81. The number of rotatable bonds is 10. The van der Waals surface area contributed by atoms with Gasteiger partial charge in [0.1, 0.15) is 24.7 Å². The van der Waals surface area contributed by atoms with E-state index in [1.165, 1.54) is 12.1 Å². The van der Waals surface area contributed by atoms with Gasteiger partial charge in [0.05, 0.1) is 24.2 Å². The molecular formula is C23H24N2O5S. The Kier molecular flexibility index (Phi) is 7.50. The summed E-state index contributed by atoms with van der Waals surface area (Å²) >= 11 is 0. The number of hydrogen-bond acceptors (Lipinski definition) is 5. The standard InChI is InChI=1S/C23H24N2O5S/c1-29-20-12-14-21(15-13-20)30-17-16-24-23(26)18-25(19-8-4-2-5-9-19)31(27,28)22-10-6-3-7-11-22/h2-15H,16-18H2,1H3,(H,24,26). The third-order valence-corrected chi connectivity index (χ3v) is 6.20. The predicted octanol–water partition coefficient (Wildman–Crippen LogP) is 3.09. The molecule has 0 radical (unpaired) electrons. The van der Waals surface area contributed by atoms with Gasteiger partial charge >= 0.3 is 0 Å². The number of nitrogens with zero attached hydrogens (tertiary/aromatic N) is 1. The second-order valence-electron chi connectivity index (χ2n) is 6.53. The number of sulfonamides is 1. The Bertz CT molecular complexity index is 1070. The van der Waals surface area contributed by atoms with Crippen LogP contribution in [0.3, 0.4) is 0 Å². The first kappa shape index (κ1) is 22.2. The molecule has 0 aromatic heterocycles. The topological polar surface area (TPSA) is 84.9 Å². The molecule has 162 valence electrons. The summed E-state index contributed by atoms with van der Waals surface area (Å²) in [7, 11) is -2.31. The molecule has 1 amide bonds. The van der Waals surface area contributed by atoms with Crippen molar-refractivity contribution in [2.45, 2.75) is 4.90 Å². The highest BCUT2D eigenvalue weighted by molar-refractivity contribution is 7.92. The van der Waals surface area contributed by atoms with Crippen molar-refractivity contribution in [1.82, 2.24) is 5.32 Å². The lowest BCUT2D eigenvalue weighted by atomic mass is 10.3. The number of methoxy groups -OCH3 is 1. The maximum Gasteiger partial charge on any atom is 0.264 e. The molecule has 3 aromatic carbocycles. The van der Waals surface area contributed by atoms with Gasteiger partial charge in [0.15, 0.2) is 0 Å². The van der Waals surface area contributed by atoms with E-state index in [1.54, 1.807) is 79.9 Å². The smallest absolute Gasteiger partial charge is 0.264 e. The van der Waals surface area contributed by atoms with Gasteiger partial charge in [0.25, 0.3) is 10.0 Å². The molecular weight excluding hydrogens is 416 g/mol. The van der Waals surface area contributed by atoms with Gasteiger partial charge in [-0.2, -0.15) is 0 Å². The Morgan fingerprint density at radius 2 is 1.45 bits per heavy atom. The van der Waals surface area contributed by atoms with Crippen LogP contribution < -0.4 is 19.1 Å². The molecule has 0 atom stereocenters.